The molecule has 19 heavy (non-hydrogen) atoms. The van der Waals surface area contributed by atoms with Crippen molar-refractivity contribution < 1.29 is 0 Å². The average Bonchev–Trinajstić information content (AvgIpc) is 2.96. The van der Waals surface area contributed by atoms with Gasteiger partial charge in [0.25, 0.3) is 0 Å². The summed E-state index contributed by atoms with van der Waals surface area (Å²) in [7, 11) is 0. The minimum Gasteiger partial charge on any atom is -0.281 e. The molecule has 1 aliphatic rings. The lowest BCUT2D eigenvalue weighted by atomic mass is 9.72. The number of fused-ring (bicyclic) bond motifs is 1. The second-order valence-electron chi connectivity index (χ2n) is 5.05. The molecule has 1 aromatic heterocycles. The summed E-state index contributed by atoms with van der Waals surface area (Å²) in [6, 6.07) is 0. The number of aromatic amines is 1. The molecule has 2 heteroatoms. The highest BCUT2D eigenvalue weighted by atomic mass is 15.1. The van der Waals surface area contributed by atoms with Crippen LogP contribution in [0.4, 0.5) is 0 Å². The number of hydrogen-bond donors (Lipinski definition) is 1. The van der Waals surface area contributed by atoms with Gasteiger partial charge in [0.05, 0.1) is 11.9 Å². The maximum absolute atomic E-state index is 4.18. The van der Waals surface area contributed by atoms with Gasteiger partial charge in [0.1, 0.15) is 0 Å². The molecule has 0 saturated heterocycles. The van der Waals surface area contributed by atoms with Crippen molar-refractivity contribution in [3.63, 3.8) is 0 Å². The van der Waals surface area contributed by atoms with Gasteiger partial charge in [-0.25, -0.2) is 0 Å². The van der Waals surface area contributed by atoms with Gasteiger partial charge in [0.15, 0.2) is 0 Å². The van der Waals surface area contributed by atoms with Crippen LogP contribution in [0.1, 0.15) is 52.8 Å². The Morgan fingerprint density at radius 3 is 2.47 bits per heavy atom. The average molecular weight is 258 g/mol. The Morgan fingerprint density at radius 1 is 1.37 bits per heavy atom. The number of H-pyrrole nitrogens is 1. The number of rotatable bonds is 3. The van der Waals surface area contributed by atoms with Crippen LogP contribution in [0.15, 0.2) is 36.6 Å². The van der Waals surface area contributed by atoms with Gasteiger partial charge in [-0.1, -0.05) is 52.5 Å². The molecule has 0 saturated carbocycles. The number of nitrogens with zero attached hydrogens (tertiary/aromatic N) is 1. The zero-order valence-electron chi connectivity index (χ0n) is 13.0. The van der Waals surface area contributed by atoms with E-state index in [0.717, 1.165) is 0 Å². The van der Waals surface area contributed by atoms with Crippen LogP contribution in [0, 0.1) is 5.92 Å². The van der Waals surface area contributed by atoms with E-state index in [-0.39, 0.29) is 5.41 Å². The lowest BCUT2D eigenvalue weighted by Crippen LogP contribution is -2.29. The maximum atomic E-state index is 4.18. The van der Waals surface area contributed by atoms with Crippen molar-refractivity contribution in [2.75, 3.05) is 0 Å². The van der Waals surface area contributed by atoms with Crippen molar-refractivity contribution in [3.05, 3.63) is 47.8 Å². The maximum Gasteiger partial charge on any atom is 0.0569 e. The SMILES string of the molecule is C=CC1=C(/C=C\C)C(C)(C(C)C)c2[nH]ncc21.CC. The summed E-state index contributed by atoms with van der Waals surface area (Å²) < 4.78 is 0. The molecule has 0 spiro atoms. The minimum absolute atomic E-state index is 0.00185. The predicted molar refractivity (Wildman–Crippen MR) is 84.1 cm³/mol. The van der Waals surface area contributed by atoms with Gasteiger partial charge in [-0.05, 0) is 30.9 Å². The molecule has 1 aromatic rings. The fourth-order valence-electron chi connectivity index (χ4n) is 2.69. The van der Waals surface area contributed by atoms with Gasteiger partial charge in [-0.15, -0.1) is 0 Å². The molecule has 0 amide bonds. The van der Waals surface area contributed by atoms with Crippen molar-refractivity contribution >= 4 is 5.57 Å². The molecule has 1 N–H and O–H groups in total. The van der Waals surface area contributed by atoms with Gasteiger partial charge < -0.3 is 0 Å². The minimum atomic E-state index is 0.00185. The summed E-state index contributed by atoms with van der Waals surface area (Å²) in [6.45, 7) is 16.8. The molecule has 0 fully saturated rings. The molecular formula is C17H26N2. The van der Waals surface area contributed by atoms with Crippen LogP contribution in [0.2, 0.25) is 0 Å². The van der Waals surface area contributed by atoms with Gasteiger partial charge in [-0.3, -0.25) is 5.10 Å². The predicted octanol–water partition coefficient (Wildman–Crippen LogP) is 4.88. The van der Waals surface area contributed by atoms with Gasteiger partial charge in [0, 0.05) is 11.0 Å². The van der Waals surface area contributed by atoms with E-state index in [0.29, 0.717) is 5.92 Å². The summed E-state index contributed by atoms with van der Waals surface area (Å²) in [5.74, 6) is 0.505. The summed E-state index contributed by atoms with van der Waals surface area (Å²) in [6.07, 6.45) is 8.14. The van der Waals surface area contributed by atoms with Crippen LogP contribution in [0.3, 0.4) is 0 Å². The van der Waals surface area contributed by atoms with E-state index in [9.17, 15) is 0 Å². The third-order valence-electron chi connectivity index (χ3n) is 3.99. The lowest BCUT2D eigenvalue weighted by Gasteiger charge is -2.31. The largest absolute Gasteiger partial charge is 0.281 e. The summed E-state index contributed by atoms with van der Waals surface area (Å²) >= 11 is 0. The summed E-state index contributed by atoms with van der Waals surface area (Å²) in [4.78, 5) is 0. The first-order chi connectivity index (χ1) is 9.07. The molecule has 1 aliphatic carbocycles. The van der Waals surface area contributed by atoms with Crippen LogP contribution in [-0.4, -0.2) is 10.2 Å². The van der Waals surface area contributed by atoms with Crippen LogP contribution in [0.5, 0.6) is 0 Å². The molecule has 0 aromatic carbocycles. The second kappa shape index (κ2) is 6.05. The quantitative estimate of drug-likeness (QED) is 0.822. The molecular weight excluding hydrogens is 232 g/mol. The van der Waals surface area contributed by atoms with E-state index in [1.54, 1.807) is 0 Å². The molecule has 2 rings (SSSR count). The Labute approximate surface area is 117 Å². The van der Waals surface area contributed by atoms with Crippen molar-refractivity contribution in [1.82, 2.24) is 10.2 Å². The number of aromatic nitrogens is 2. The molecule has 0 bridgehead atoms. The monoisotopic (exact) mass is 258 g/mol. The van der Waals surface area contributed by atoms with Crippen LogP contribution < -0.4 is 0 Å². The smallest absolute Gasteiger partial charge is 0.0569 e. The first-order valence-corrected chi connectivity index (χ1v) is 7.11. The van der Waals surface area contributed by atoms with Crippen LogP contribution >= 0.6 is 0 Å². The van der Waals surface area contributed by atoms with Crippen molar-refractivity contribution in [2.24, 2.45) is 5.92 Å². The Bertz CT molecular complexity index is 503. The Morgan fingerprint density at radius 2 is 2.00 bits per heavy atom. The lowest BCUT2D eigenvalue weighted by molar-refractivity contribution is 0.400. The highest BCUT2D eigenvalue weighted by Gasteiger charge is 2.43. The number of allylic oxidation sites excluding steroid dienone is 5. The van der Waals surface area contributed by atoms with Crippen molar-refractivity contribution in [3.8, 4) is 0 Å². The van der Waals surface area contributed by atoms with E-state index in [4.69, 9.17) is 0 Å². The van der Waals surface area contributed by atoms with Crippen molar-refractivity contribution in [1.29, 1.82) is 0 Å². The molecule has 1 heterocycles. The van der Waals surface area contributed by atoms with Crippen LogP contribution in [-0.2, 0) is 5.41 Å². The normalized spacial score (nSPS) is 21.6. The van der Waals surface area contributed by atoms with Gasteiger partial charge in [0.2, 0.25) is 0 Å². The van der Waals surface area contributed by atoms with Gasteiger partial charge >= 0.3 is 0 Å². The van der Waals surface area contributed by atoms with Crippen LogP contribution in [0.25, 0.3) is 5.57 Å². The van der Waals surface area contributed by atoms with Crippen molar-refractivity contribution in [2.45, 2.75) is 47.0 Å². The second-order valence-corrected chi connectivity index (χ2v) is 5.05. The van der Waals surface area contributed by atoms with E-state index < -0.39 is 0 Å². The fourth-order valence-corrected chi connectivity index (χ4v) is 2.69. The topological polar surface area (TPSA) is 28.7 Å². The molecule has 0 aliphatic heterocycles. The zero-order valence-corrected chi connectivity index (χ0v) is 13.0. The molecule has 1 atom stereocenters. The first-order valence-electron chi connectivity index (χ1n) is 7.11. The third-order valence-corrected chi connectivity index (χ3v) is 3.99. The van der Waals surface area contributed by atoms with E-state index in [1.807, 2.05) is 26.1 Å². The molecule has 0 radical (unpaired) electrons. The molecule has 2 nitrogen and oxygen atoms in total. The first kappa shape index (κ1) is 15.5. The van der Waals surface area contributed by atoms with E-state index in [2.05, 4.69) is 56.6 Å². The third kappa shape index (κ3) is 2.20. The van der Waals surface area contributed by atoms with Gasteiger partial charge in [-0.2, -0.15) is 5.10 Å². The number of hydrogen-bond acceptors (Lipinski definition) is 1. The highest BCUT2D eigenvalue weighted by Crippen LogP contribution is 2.50. The molecule has 1 unspecified atom stereocenters. The Balaban J connectivity index is 0.000000861. The Hall–Kier alpha value is -1.57. The Kier molecular flexibility index (Phi) is 4.93. The van der Waals surface area contributed by atoms with E-state index in [1.165, 1.54) is 22.4 Å². The molecule has 104 valence electrons. The standard InChI is InChI=1S/C15H20N2.C2H6/c1-6-8-13-11(7-2)12-9-16-17-14(12)15(13,5)10(3)4;1-2/h6-10H,2H2,1,3-5H3,(H,16,17);1-2H3/b8-6-;. The van der Waals surface area contributed by atoms with E-state index >= 15 is 0 Å². The summed E-state index contributed by atoms with van der Waals surface area (Å²) in [5, 5.41) is 7.35. The fraction of sp³-hybridized carbons (Fsp3) is 0.471. The highest BCUT2D eigenvalue weighted by molar-refractivity contribution is 5.86. The summed E-state index contributed by atoms with van der Waals surface area (Å²) in [5.41, 5.74) is 4.97. The number of nitrogens with one attached hydrogen (secondary N) is 1. The zero-order chi connectivity index (χ0) is 14.6.